The number of sulfonamides is 1. The van der Waals surface area contributed by atoms with Gasteiger partial charge in [0, 0.05) is 31.2 Å². The Morgan fingerprint density at radius 2 is 1.96 bits per heavy atom. The fourth-order valence-electron chi connectivity index (χ4n) is 5.05. The van der Waals surface area contributed by atoms with Gasteiger partial charge in [-0.25, -0.2) is 8.42 Å². The second-order valence-corrected chi connectivity index (χ2v) is 9.59. The highest BCUT2D eigenvalue weighted by Crippen LogP contribution is 2.43. The van der Waals surface area contributed by atoms with E-state index in [0.29, 0.717) is 17.4 Å². The van der Waals surface area contributed by atoms with E-state index >= 15 is 0 Å². The minimum absolute atomic E-state index is 0.0322. The SMILES string of the molecule is CC(=O)N1CCc2ccc(S(=O)(=O)N3[C@H](C)C[C@@H]4CCCC[C@H]43)cc21. The van der Waals surface area contributed by atoms with Crippen LogP contribution in [0.4, 0.5) is 5.69 Å². The normalized spacial score (nSPS) is 29.5. The van der Waals surface area contributed by atoms with Crippen molar-refractivity contribution in [3.8, 4) is 0 Å². The van der Waals surface area contributed by atoms with Gasteiger partial charge >= 0.3 is 0 Å². The number of rotatable bonds is 2. The van der Waals surface area contributed by atoms with Gasteiger partial charge in [-0.2, -0.15) is 4.31 Å². The Morgan fingerprint density at radius 3 is 2.72 bits per heavy atom. The van der Waals surface area contributed by atoms with Crippen LogP contribution in [0.25, 0.3) is 0 Å². The lowest BCUT2D eigenvalue weighted by atomic mass is 9.85. The predicted molar refractivity (Wildman–Crippen MR) is 97.0 cm³/mol. The van der Waals surface area contributed by atoms with E-state index in [0.717, 1.165) is 43.4 Å². The molecule has 3 aliphatic rings. The van der Waals surface area contributed by atoms with Crippen molar-refractivity contribution in [1.82, 2.24) is 4.31 Å². The molecule has 0 N–H and O–H groups in total. The van der Waals surface area contributed by atoms with Crippen LogP contribution in [0.2, 0.25) is 0 Å². The molecule has 1 aliphatic carbocycles. The highest BCUT2D eigenvalue weighted by atomic mass is 32.2. The average Bonchev–Trinajstić information content (AvgIpc) is 3.14. The summed E-state index contributed by atoms with van der Waals surface area (Å²) in [5.74, 6) is 0.469. The zero-order chi connectivity index (χ0) is 17.8. The molecule has 2 aliphatic heterocycles. The summed E-state index contributed by atoms with van der Waals surface area (Å²) in [5, 5.41) is 0. The zero-order valence-electron chi connectivity index (χ0n) is 14.9. The molecule has 0 spiro atoms. The molecule has 2 heterocycles. The monoisotopic (exact) mass is 362 g/mol. The van der Waals surface area contributed by atoms with Crippen molar-refractivity contribution in [2.24, 2.45) is 5.92 Å². The summed E-state index contributed by atoms with van der Waals surface area (Å²) < 4.78 is 28.6. The lowest BCUT2D eigenvalue weighted by Gasteiger charge is -2.32. The first kappa shape index (κ1) is 17.0. The zero-order valence-corrected chi connectivity index (χ0v) is 15.8. The minimum Gasteiger partial charge on any atom is -0.312 e. The molecule has 0 bridgehead atoms. The van der Waals surface area contributed by atoms with Crippen LogP contribution >= 0.6 is 0 Å². The third-order valence-corrected chi connectivity index (χ3v) is 8.22. The Kier molecular flexibility index (Phi) is 4.15. The molecular weight excluding hydrogens is 336 g/mol. The Balaban J connectivity index is 1.71. The third-order valence-electron chi connectivity index (χ3n) is 6.18. The Hall–Kier alpha value is -1.40. The van der Waals surface area contributed by atoms with Crippen molar-refractivity contribution >= 4 is 21.6 Å². The van der Waals surface area contributed by atoms with Crippen LogP contribution in [0.1, 0.15) is 51.5 Å². The maximum atomic E-state index is 13.4. The van der Waals surface area contributed by atoms with E-state index in [9.17, 15) is 13.2 Å². The maximum absolute atomic E-state index is 13.4. The van der Waals surface area contributed by atoms with Gasteiger partial charge in [0.25, 0.3) is 0 Å². The van der Waals surface area contributed by atoms with Crippen molar-refractivity contribution in [1.29, 1.82) is 0 Å². The Bertz CT molecular complexity index is 805. The molecule has 3 atom stereocenters. The van der Waals surface area contributed by atoms with Crippen LogP contribution in [-0.2, 0) is 21.2 Å². The molecule has 5 nitrogen and oxygen atoms in total. The summed E-state index contributed by atoms with van der Waals surface area (Å²) >= 11 is 0. The number of hydrogen-bond acceptors (Lipinski definition) is 3. The third kappa shape index (κ3) is 2.70. The van der Waals surface area contributed by atoms with Gasteiger partial charge in [-0.05, 0) is 56.2 Å². The van der Waals surface area contributed by atoms with Gasteiger partial charge in [-0.15, -0.1) is 0 Å². The highest BCUT2D eigenvalue weighted by molar-refractivity contribution is 7.89. The van der Waals surface area contributed by atoms with Gasteiger partial charge < -0.3 is 4.90 Å². The molecule has 2 fully saturated rings. The number of nitrogens with zero attached hydrogens (tertiary/aromatic N) is 2. The summed E-state index contributed by atoms with van der Waals surface area (Å²) in [4.78, 5) is 13.8. The van der Waals surface area contributed by atoms with Crippen LogP contribution in [0.3, 0.4) is 0 Å². The molecule has 0 unspecified atom stereocenters. The van der Waals surface area contributed by atoms with Crippen molar-refractivity contribution in [3.63, 3.8) is 0 Å². The van der Waals surface area contributed by atoms with Crippen LogP contribution in [0, 0.1) is 5.92 Å². The van der Waals surface area contributed by atoms with Crippen molar-refractivity contribution in [2.45, 2.75) is 69.4 Å². The molecule has 1 aromatic rings. The smallest absolute Gasteiger partial charge is 0.243 e. The van der Waals surface area contributed by atoms with E-state index in [-0.39, 0.29) is 18.0 Å². The van der Waals surface area contributed by atoms with Crippen molar-refractivity contribution < 1.29 is 13.2 Å². The summed E-state index contributed by atoms with van der Waals surface area (Å²) in [7, 11) is -3.53. The standard InChI is InChI=1S/C19H26N2O3S/c1-13-11-16-5-3-4-6-18(16)21(13)25(23,24)17-8-7-15-9-10-20(14(2)22)19(15)12-17/h7-8,12-13,16,18H,3-6,9-11H2,1-2H3/t13-,16+,18-/m1/s1. The molecular formula is C19H26N2O3S. The molecule has 0 radical (unpaired) electrons. The molecule has 1 aromatic carbocycles. The molecule has 136 valence electrons. The molecule has 0 aromatic heterocycles. The van der Waals surface area contributed by atoms with E-state index in [4.69, 9.17) is 0 Å². The van der Waals surface area contributed by atoms with E-state index in [1.165, 1.54) is 13.3 Å². The van der Waals surface area contributed by atoms with Crippen molar-refractivity contribution in [2.75, 3.05) is 11.4 Å². The first-order valence-electron chi connectivity index (χ1n) is 9.34. The van der Waals surface area contributed by atoms with E-state index in [1.54, 1.807) is 21.3 Å². The fourth-order valence-corrected chi connectivity index (χ4v) is 6.99. The van der Waals surface area contributed by atoms with Gasteiger partial charge in [0.2, 0.25) is 15.9 Å². The quantitative estimate of drug-likeness (QED) is 0.813. The van der Waals surface area contributed by atoms with Gasteiger partial charge in [-0.3, -0.25) is 4.79 Å². The molecule has 25 heavy (non-hydrogen) atoms. The number of carbonyl (C=O) groups excluding carboxylic acids is 1. The number of anilines is 1. The van der Waals surface area contributed by atoms with Crippen LogP contribution in [0.15, 0.2) is 23.1 Å². The first-order valence-corrected chi connectivity index (χ1v) is 10.8. The molecule has 1 saturated carbocycles. The number of fused-ring (bicyclic) bond motifs is 2. The Morgan fingerprint density at radius 1 is 1.20 bits per heavy atom. The summed E-state index contributed by atoms with van der Waals surface area (Å²) in [5.41, 5.74) is 1.82. The topological polar surface area (TPSA) is 57.7 Å². The minimum atomic E-state index is -3.53. The highest BCUT2D eigenvalue weighted by Gasteiger charge is 2.46. The Labute approximate surface area is 150 Å². The number of hydrogen-bond donors (Lipinski definition) is 0. The number of benzene rings is 1. The van der Waals surface area contributed by atoms with Crippen molar-refractivity contribution in [3.05, 3.63) is 23.8 Å². The lowest BCUT2D eigenvalue weighted by molar-refractivity contribution is -0.116. The van der Waals surface area contributed by atoms with Crippen LogP contribution < -0.4 is 4.90 Å². The molecule has 6 heteroatoms. The van der Waals surface area contributed by atoms with Crippen LogP contribution in [-0.4, -0.2) is 37.3 Å². The number of carbonyl (C=O) groups is 1. The largest absolute Gasteiger partial charge is 0.312 e. The molecule has 1 saturated heterocycles. The van der Waals surface area contributed by atoms with Gasteiger partial charge in [0.15, 0.2) is 0 Å². The maximum Gasteiger partial charge on any atom is 0.243 e. The van der Waals surface area contributed by atoms with Gasteiger partial charge in [-0.1, -0.05) is 18.9 Å². The average molecular weight is 362 g/mol. The first-order chi connectivity index (χ1) is 11.9. The fraction of sp³-hybridized carbons (Fsp3) is 0.632. The van der Waals surface area contributed by atoms with E-state index in [2.05, 4.69) is 0 Å². The summed E-state index contributed by atoms with van der Waals surface area (Å²) in [6.07, 6.45) is 6.20. The van der Waals surface area contributed by atoms with Gasteiger partial charge in [0.1, 0.15) is 0 Å². The predicted octanol–water partition coefficient (Wildman–Crippen LogP) is 2.94. The second-order valence-electron chi connectivity index (χ2n) is 7.74. The van der Waals surface area contributed by atoms with Gasteiger partial charge in [0.05, 0.1) is 4.90 Å². The summed E-state index contributed by atoms with van der Waals surface area (Å²) in [6, 6.07) is 5.51. The second kappa shape index (κ2) is 6.09. The molecule has 4 rings (SSSR count). The molecule has 1 amide bonds. The number of amides is 1. The van der Waals surface area contributed by atoms with Crippen LogP contribution in [0.5, 0.6) is 0 Å². The van der Waals surface area contributed by atoms with E-state index < -0.39 is 10.0 Å². The summed E-state index contributed by atoms with van der Waals surface area (Å²) in [6.45, 7) is 4.20. The lowest BCUT2D eigenvalue weighted by Crippen LogP contribution is -2.42. The van der Waals surface area contributed by atoms with E-state index in [1.807, 2.05) is 13.0 Å².